The number of aliphatic hydroxyl groups excluding tert-OH is 1. The number of fused-ring (bicyclic) bond motifs is 1. The highest BCUT2D eigenvalue weighted by atomic mass is 32.1. The van der Waals surface area contributed by atoms with Crippen LogP contribution >= 0.6 is 11.3 Å². The number of hydrogen-bond acceptors (Lipinski definition) is 5. The smallest absolute Gasteiger partial charge is 0.137 e. The SMILES string of the molecule is CC(CC(O)c1cccs1)NCc1cnc2ccc(C#N)cn12. The third kappa shape index (κ3) is 3.59. The van der Waals surface area contributed by atoms with Gasteiger partial charge in [-0.25, -0.2) is 4.98 Å². The Morgan fingerprint density at radius 3 is 3.04 bits per heavy atom. The second-order valence-electron chi connectivity index (χ2n) is 5.56. The Balaban J connectivity index is 1.63. The molecule has 0 aliphatic carbocycles. The zero-order valence-corrected chi connectivity index (χ0v) is 13.6. The van der Waals surface area contributed by atoms with Crippen molar-refractivity contribution in [2.45, 2.75) is 32.0 Å². The monoisotopic (exact) mass is 326 g/mol. The van der Waals surface area contributed by atoms with Gasteiger partial charge in [-0.15, -0.1) is 11.3 Å². The average Bonchev–Trinajstić information content (AvgIpc) is 3.22. The molecule has 118 valence electrons. The molecule has 2 atom stereocenters. The van der Waals surface area contributed by atoms with Crippen LogP contribution in [0.1, 0.15) is 35.6 Å². The fraction of sp³-hybridized carbons (Fsp3) is 0.294. The van der Waals surface area contributed by atoms with Crippen LogP contribution in [0, 0.1) is 11.3 Å². The molecule has 3 heterocycles. The first-order chi connectivity index (χ1) is 11.2. The summed E-state index contributed by atoms with van der Waals surface area (Å²) >= 11 is 1.57. The van der Waals surface area contributed by atoms with E-state index in [9.17, 15) is 5.11 Å². The second-order valence-corrected chi connectivity index (χ2v) is 6.54. The molecule has 0 saturated carbocycles. The van der Waals surface area contributed by atoms with Crippen molar-refractivity contribution in [3.05, 3.63) is 58.2 Å². The fourth-order valence-corrected chi connectivity index (χ4v) is 3.25. The Labute approximate surface area is 138 Å². The van der Waals surface area contributed by atoms with Gasteiger partial charge in [-0.3, -0.25) is 0 Å². The molecule has 0 aliphatic heterocycles. The zero-order chi connectivity index (χ0) is 16.2. The largest absolute Gasteiger partial charge is 0.388 e. The van der Waals surface area contributed by atoms with Crippen LogP contribution in [0.5, 0.6) is 0 Å². The van der Waals surface area contributed by atoms with Gasteiger partial charge in [0.15, 0.2) is 0 Å². The maximum Gasteiger partial charge on any atom is 0.137 e. The number of rotatable bonds is 6. The van der Waals surface area contributed by atoms with Crippen LogP contribution in [0.25, 0.3) is 5.65 Å². The van der Waals surface area contributed by atoms with Gasteiger partial charge < -0.3 is 14.8 Å². The van der Waals surface area contributed by atoms with Crippen LogP contribution in [0.2, 0.25) is 0 Å². The lowest BCUT2D eigenvalue weighted by atomic mass is 10.1. The van der Waals surface area contributed by atoms with Gasteiger partial charge in [-0.05, 0) is 36.9 Å². The number of imidazole rings is 1. The quantitative estimate of drug-likeness (QED) is 0.730. The maximum absolute atomic E-state index is 10.2. The van der Waals surface area contributed by atoms with Gasteiger partial charge in [0.25, 0.3) is 0 Å². The molecule has 5 nitrogen and oxygen atoms in total. The molecule has 3 aromatic heterocycles. The van der Waals surface area contributed by atoms with E-state index in [1.165, 1.54) is 0 Å². The third-order valence-corrected chi connectivity index (χ3v) is 4.76. The van der Waals surface area contributed by atoms with Crippen LogP contribution in [-0.4, -0.2) is 20.5 Å². The molecule has 3 rings (SSSR count). The molecule has 23 heavy (non-hydrogen) atoms. The first-order valence-corrected chi connectivity index (χ1v) is 8.36. The van der Waals surface area contributed by atoms with Crippen molar-refractivity contribution in [1.82, 2.24) is 14.7 Å². The van der Waals surface area contributed by atoms with E-state index in [4.69, 9.17) is 5.26 Å². The number of pyridine rings is 1. The number of thiophene rings is 1. The third-order valence-electron chi connectivity index (χ3n) is 3.79. The predicted octanol–water partition coefficient (Wildman–Crippen LogP) is 2.87. The minimum absolute atomic E-state index is 0.164. The number of nitrogens with one attached hydrogen (secondary N) is 1. The molecular weight excluding hydrogens is 308 g/mol. The molecule has 6 heteroatoms. The average molecular weight is 326 g/mol. The summed E-state index contributed by atoms with van der Waals surface area (Å²) in [6.45, 7) is 2.69. The van der Waals surface area contributed by atoms with Gasteiger partial charge in [0, 0.05) is 23.7 Å². The zero-order valence-electron chi connectivity index (χ0n) is 12.8. The second kappa shape index (κ2) is 6.92. The van der Waals surface area contributed by atoms with Crippen molar-refractivity contribution in [3.63, 3.8) is 0 Å². The van der Waals surface area contributed by atoms with Gasteiger partial charge in [0.1, 0.15) is 11.7 Å². The van der Waals surface area contributed by atoms with Gasteiger partial charge in [0.05, 0.1) is 23.6 Å². The van der Waals surface area contributed by atoms with E-state index in [1.807, 2.05) is 34.2 Å². The number of hydrogen-bond donors (Lipinski definition) is 2. The van der Waals surface area contributed by atoms with E-state index in [1.54, 1.807) is 23.6 Å². The Morgan fingerprint density at radius 1 is 1.43 bits per heavy atom. The normalized spacial score (nSPS) is 13.8. The summed E-state index contributed by atoms with van der Waals surface area (Å²) in [4.78, 5) is 5.33. The molecular formula is C17H18N4OS. The molecule has 2 N–H and O–H groups in total. The van der Waals surface area contributed by atoms with Crippen LogP contribution < -0.4 is 5.32 Å². The topological polar surface area (TPSA) is 73.3 Å². The van der Waals surface area contributed by atoms with Crippen LogP contribution in [0.15, 0.2) is 42.0 Å². The summed E-state index contributed by atoms with van der Waals surface area (Å²) in [6.07, 6.45) is 3.82. The minimum atomic E-state index is -0.440. The lowest BCUT2D eigenvalue weighted by molar-refractivity contribution is 0.157. The minimum Gasteiger partial charge on any atom is -0.388 e. The molecule has 0 amide bonds. The summed E-state index contributed by atoms with van der Waals surface area (Å²) in [5.41, 5.74) is 2.43. The van der Waals surface area contributed by atoms with Crippen molar-refractivity contribution in [2.24, 2.45) is 0 Å². The lowest BCUT2D eigenvalue weighted by Crippen LogP contribution is -2.27. The van der Waals surface area contributed by atoms with Crippen LogP contribution in [-0.2, 0) is 6.54 Å². The maximum atomic E-state index is 10.2. The van der Waals surface area contributed by atoms with E-state index in [2.05, 4.69) is 23.3 Å². The number of aliphatic hydroxyl groups is 1. The van der Waals surface area contributed by atoms with Crippen molar-refractivity contribution in [3.8, 4) is 6.07 Å². The first-order valence-electron chi connectivity index (χ1n) is 7.48. The number of nitrogens with zero attached hydrogens (tertiary/aromatic N) is 3. The molecule has 0 aromatic carbocycles. The first kappa shape index (κ1) is 15.7. The summed E-state index contributed by atoms with van der Waals surface area (Å²) in [7, 11) is 0. The summed E-state index contributed by atoms with van der Waals surface area (Å²) in [5.74, 6) is 0. The lowest BCUT2D eigenvalue weighted by Gasteiger charge is -2.17. The van der Waals surface area contributed by atoms with Gasteiger partial charge in [0.2, 0.25) is 0 Å². The fourth-order valence-electron chi connectivity index (χ4n) is 2.52. The highest BCUT2D eigenvalue weighted by molar-refractivity contribution is 7.10. The number of nitriles is 1. The van der Waals surface area contributed by atoms with Gasteiger partial charge in [-0.2, -0.15) is 5.26 Å². The van der Waals surface area contributed by atoms with E-state index >= 15 is 0 Å². The molecule has 2 unspecified atom stereocenters. The Bertz CT molecular complexity index is 819. The van der Waals surface area contributed by atoms with E-state index in [-0.39, 0.29) is 6.04 Å². The highest BCUT2D eigenvalue weighted by Gasteiger charge is 2.13. The molecule has 0 bridgehead atoms. The summed E-state index contributed by atoms with van der Waals surface area (Å²) < 4.78 is 1.92. The standard InChI is InChI=1S/C17H18N4OS/c1-12(7-15(22)16-3-2-6-23-16)19-9-14-10-20-17-5-4-13(8-18)11-21(14)17/h2-6,10-12,15,19,22H,7,9H2,1H3. The van der Waals surface area contributed by atoms with E-state index in [0.717, 1.165) is 16.2 Å². The van der Waals surface area contributed by atoms with Gasteiger partial charge in [-0.1, -0.05) is 6.07 Å². The molecule has 0 saturated heterocycles. The Morgan fingerprint density at radius 2 is 2.30 bits per heavy atom. The van der Waals surface area contributed by atoms with Crippen molar-refractivity contribution in [1.29, 1.82) is 5.26 Å². The highest BCUT2D eigenvalue weighted by Crippen LogP contribution is 2.22. The van der Waals surface area contributed by atoms with Crippen LogP contribution in [0.4, 0.5) is 0 Å². The molecule has 0 fully saturated rings. The molecule has 0 aliphatic rings. The summed E-state index contributed by atoms with van der Waals surface area (Å²) in [5, 5.41) is 24.6. The van der Waals surface area contributed by atoms with Crippen molar-refractivity contribution >= 4 is 17.0 Å². The molecule has 0 spiro atoms. The number of aromatic nitrogens is 2. The van der Waals surface area contributed by atoms with Gasteiger partial charge >= 0.3 is 0 Å². The van der Waals surface area contributed by atoms with Crippen molar-refractivity contribution in [2.75, 3.05) is 0 Å². The molecule has 0 radical (unpaired) electrons. The predicted molar refractivity (Wildman–Crippen MR) is 90.1 cm³/mol. The van der Waals surface area contributed by atoms with Crippen molar-refractivity contribution < 1.29 is 5.11 Å². The Hall–Kier alpha value is -2.20. The Kier molecular flexibility index (Phi) is 4.72. The summed E-state index contributed by atoms with van der Waals surface area (Å²) in [6, 6.07) is 9.81. The van der Waals surface area contributed by atoms with E-state index < -0.39 is 6.10 Å². The van der Waals surface area contributed by atoms with E-state index in [0.29, 0.717) is 18.5 Å². The molecule has 3 aromatic rings. The van der Waals surface area contributed by atoms with Crippen LogP contribution in [0.3, 0.4) is 0 Å².